The van der Waals surface area contributed by atoms with Gasteiger partial charge in [-0.1, -0.05) is 57.0 Å². The molecule has 0 atom stereocenters. The third-order valence-corrected chi connectivity index (χ3v) is 4.54. The van der Waals surface area contributed by atoms with Crippen LogP contribution < -0.4 is 10.2 Å². The van der Waals surface area contributed by atoms with Crippen LogP contribution in [0.25, 0.3) is 0 Å². The smallest absolute Gasteiger partial charge is 0.292 e. The number of unbranched alkanes of at least 4 members (excludes halogenated alkanes) is 1. The zero-order valence-electron chi connectivity index (χ0n) is 13.7. The van der Waals surface area contributed by atoms with Gasteiger partial charge in [0.2, 0.25) is 0 Å². The largest absolute Gasteiger partial charge is 0.465 e. The monoisotopic (exact) mass is 426 g/mol. The summed E-state index contributed by atoms with van der Waals surface area (Å²) in [6.45, 7) is 4.76. The Labute approximate surface area is 151 Å². The standard InChI is InChI=1S/C19H23IO3/c1-3-5-12-22-19-15(9-4-2)17(21)16(18(20)23-19)13-14-10-7-6-8-11-14/h6-8,10-11H,3-5,9,12-13H2,1-2H3. The molecule has 2 rings (SSSR count). The fraction of sp³-hybridized carbons (Fsp3) is 0.421. The molecule has 23 heavy (non-hydrogen) atoms. The number of rotatable bonds is 8. The van der Waals surface area contributed by atoms with Gasteiger partial charge in [0.05, 0.1) is 17.7 Å². The molecule has 1 heterocycles. The Bertz CT molecular complexity index is 677. The molecule has 2 aromatic rings. The van der Waals surface area contributed by atoms with E-state index in [0.29, 0.717) is 34.7 Å². The maximum atomic E-state index is 12.9. The lowest BCUT2D eigenvalue weighted by atomic mass is 10.0. The SMILES string of the molecule is CCCCOc1oc(I)c(Cc2ccccc2)c(=O)c1CCC. The van der Waals surface area contributed by atoms with Crippen LogP contribution in [-0.2, 0) is 12.8 Å². The fourth-order valence-corrected chi connectivity index (χ4v) is 3.05. The summed E-state index contributed by atoms with van der Waals surface area (Å²) in [7, 11) is 0. The molecule has 0 saturated heterocycles. The summed E-state index contributed by atoms with van der Waals surface area (Å²) in [5, 5.41) is 0. The van der Waals surface area contributed by atoms with Gasteiger partial charge in [-0.2, -0.15) is 0 Å². The summed E-state index contributed by atoms with van der Waals surface area (Å²) in [6, 6.07) is 10.0. The Morgan fingerprint density at radius 2 is 1.83 bits per heavy atom. The first-order chi connectivity index (χ1) is 11.2. The molecule has 0 amide bonds. The van der Waals surface area contributed by atoms with Crippen molar-refractivity contribution in [1.82, 2.24) is 0 Å². The van der Waals surface area contributed by atoms with Crippen molar-refractivity contribution in [3.63, 3.8) is 0 Å². The molecule has 1 aromatic carbocycles. The quantitative estimate of drug-likeness (QED) is 0.442. The van der Waals surface area contributed by atoms with Crippen LogP contribution in [0.4, 0.5) is 0 Å². The molecule has 0 bridgehead atoms. The molecule has 0 aliphatic rings. The van der Waals surface area contributed by atoms with E-state index in [1.54, 1.807) is 0 Å². The molecule has 1 aromatic heterocycles. The third-order valence-electron chi connectivity index (χ3n) is 3.67. The molecular formula is C19H23IO3. The van der Waals surface area contributed by atoms with Crippen LogP contribution in [0.3, 0.4) is 0 Å². The zero-order valence-corrected chi connectivity index (χ0v) is 15.9. The summed E-state index contributed by atoms with van der Waals surface area (Å²) < 4.78 is 12.2. The lowest BCUT2D eigenvalue weighted by Gasteiger charge is -2.12. The highest BCUT2D eigenvalue weighted by Crippen LogP contribution is 2.24. The van der Waals surface area contributed by atoms with Crippen LogP contribution in [0.2, 0.25) is 0 Å². The average molecular weight is 426 g/mol. The first kappa shape index (κ1) is 18.0. The summed E-state index contributed by atoms with van der Waals surface area (Å²) in [6.07, 6.45) is 4.17. The van der Waals surface area contributed by atoms with Crippen molar-refractivity contribution in [2.75, 3.05) is 6.61 Å². The van der Waals surface area contributed by atoms with E-state index in [1.165, 1.54) is 0 Å². The van der Waals surface area contributed by atoms with Gasteiger partial charge in [0.25, 0.3) is 5.95 Å². The summed E-state index contributed by atoms with van der Waals surface area (Å²) in [5.74, 6) is 0.409. The maximum Gasteiger partial charge on any atom is 0.292 e. The molecule has 0 fully saturated rings. The van der Waals surface area contributed by atoms with Gasteiger partial charge in [-0.15, -0.1) is 0 Å². The van der Waals surface area contributed by atoms with Crippen molar-refractivity contribution in [1.29, 1.82) is 0 Å². The molecule has 4 heteroatoms. The second-order valence-corrected chi connectivity index (χ2v) is 6.54. The van der Waals surface area contributed by atoms with Crippen LogP contribution >= 0.6 is 22.6 Å². The van der Waals surface area contributed by atoms with Crippen molar-refractivity contribution in [3.05, 3.63) is 61.0 Å². The summed E-state index contributed by atoms with van der Waals surface area (Å²) in [4.78, 5) is 12.9. The number of hydrogen-bond donors (Lipinski definition) is 0. The second kappa shape index (κ2) is 9.11. The van der Waals surface area contributed by atoms with E-state index in [-0.39, 0.29) is 5.43 Å². The molecule has 0 spiro atoms. The summed E-state index contributed by atoms with van der Waals surface area (Å²) in [5.41, 5.74) is 2.58. The van der Waals surface area contributed by atoms with Crippen LogP contribution in [0.5, 0.6) is 5.95 Å². The van der Waals surface area contributed by atoms with Gasteiger partial charge in [0, 0.05) is 29.0 Å². The number of ether oxygens (including phenoxy) is 1. The fourth-order valence-electron chi connectivity index (χ4n) is 2.41. The van der Waals surface area contributed by atoms with Crippen molar-refractivity contribution >= 4 is 22.6 Å². The van der Waals surface area contributed by atoms with E-state index in [2.05, 4.69) is 36.4 Å². The maximum absolute atomic E-state index is 12.9. The van der Waals surface area contributed by atoms with Gasteiger partial charge in [-0.25, -0.2) is 0 Å². The van der Waals surface area contributed by atoms with Crippen LogP contribution in [-0.4, -0.2) is 6.61 Å². The highest BCUT2D eigenvalue weighted by Gasteiger charge is 2.19. The van der Waals surface area contributed by atoms with Gasteiger partial charge in [0.15, 0.2) is 9.20 Å². The molecule has 0 saturated carbocycles. The van der Waals surface area contributed by atoms with E-state index < -0.39 is 0 Å². The first-order valence-corrected chi connectivity index (χ1v) is 9.26. The van der Waals surface area contributed by atoms with Gasteiger partial charge in [-0.05, 0) is 18.4 Å². The predicted molar refractivity (Wildman–Crippen MR) is 101 cm³/mol. The first-order valence-electron chi connectivity index (χ1n) is 8.18. The zero-order chi connectivity index (χ0) is 16.7. The Morgan fingerprint density at radius 1 is 1.09 bits per heavy atom. The number of benzene rings is 1. The molecule has 124 valence electrons. The van der Waals surface area contributed by atoms with Gasteiger partial charge in [-0.3, -0.25) is 4.79 Å². The predicted octanol–water partition coefficient (Wildman–Crippen LogP) is 4.97. The van der Waals surface area contributed by atoms with Gasteiger partial charge in [0.1, 0.15) is 0 Å². The van der Waals surface area contributed by atoms with E-state index >= 15 is 0 Å². The Hall–Kier alpha value is -1.30. The molecule has 0 aliphatic carbocycles. The van der Waals surface area contributed by atoms with Crippen molar-refractivity contribution in [2.24, 2.45) is 0 Å². The Kier molecular flexibility index (Phi) is 7.15. The van der Waals surface area contributed by atoms with Crippen LogP contribution in [0.15, 0.2) is 39.5 Å². The molecule has 0 radical (unpaired) electrons. The van der Waals surface area contributed by atoms with Crippen LogP contribution in [0.1, 0.15) is 49.8 Å². The van der Waals surface area contributed by atoms with E-state index in [1.807, 2.05) is 30.3 Å². The molecule has 3 nitrogen and oxygen atoms in total. The molecule has 0 aliphatic heterocycles. The Morgan fingerprint density at radius 3 is 2.48 bits per heavy atom. The van der Waals surface area contributed by atoms with Crippen molar-refractivity contribution in [2.45, 2.75) is 46.0 Å². The minimum atomic E-state index is 0.0675. The van der Waals surface area contributed by atoms with E-state index in [4.69, 9.17) is 9.15 Å². The second-order valence-electron chi connectivity index (χ2n) is 5.56. The van der Waals surface area contributed by atoms with Crippen molar-refractivity contribution in [3.8, 4) is 5.95 Å². The number of hydrogen-bond acceptors (Lipinski definition) is 3. The Balaban J connectivity index is 2.36. The minimum Gasteiger partial charge on any atom is -0.465 e. The lowest BCUT2D eigenvalue weighted by Crippen LogP contribution is -2.18. The lowest BCUT2D eigenvalue weighted by molar-refractivity contribution is 0.222. The summed E-state index contributed by atoms with van der Waals surface area (Å²) >= 11 is 2.10. The average Bonchev–Trinajstić information content (AvgIpc) is 2.56. The topological polar surface area (TPSA) is 39.4 Å². The third kappa shape index (κ3) is 4.83. The van der Waals surface area contributed by atoms with Crippen molar-refractivity contribution < 1.29 is 9.15 Å². The highest BCUT2D eigenvalue weighted by atomic mass is 127. The molecular weight excluding hydrogens is 403 g/mol. The highest BCUT2D eigenvalue weighted by molar-refractivity contribution is 14.1. The van der Waals surface area contributed by atoms with Gasteiger partial charge < -0.3 is 9.15 Å². The van der Waals surface area contributed by atoms with Gasteiger partial charge >= 0.3 is 0 Å². The molecule has 0 unspecified atom stereocenters. The van der Waals surface area contributed by atoms with E-state index in [0.717, 1.165) is 30.4 Å². The number of halogens is 1. The minimum absolute atomic E-state index is 0.0675. The van der Waals surface area contributed by atoms with E-state index in [9.17, 15) is 4.79 Å². The van der Waals surface area contributed by atoms with Crippen LogP contribution in [0, 0.1) is 3.77 Å². The normalized spacial score (nSPS) is 10.7. The molecule has 0 N–H and O–H groups in total.